The van der Waals surface area contributed by atoms with Crippen LogP contribution in [0.15, 0.2) is 60.9 Å². The maximum Gasteiger partial charge on any atom is 0.254 e. The smallest absolute Gasteiger partial charge is 0.254 e. The minimum Gasteiger partial charge on any atom is -0.333 e. The molecule has 0 saturated carbocycles. The SMILES string of the molecule is CCCCCCCCN(Cc1ccccn1)C(=O)c1ccc2ncccc2c1. The summed E-state index contributed by atoms with van der Waals surface area (Å²) < 4.78 is 0. The van der Waals surface area contributed by atoms with Crippen molar-refractivity contribution in [2.24, 2.45) is 0 Å². The lowest BCUT2D eigenvalue weighted by atomic mass is 10.1. The lowest BCUT2D eigenvalue weighted by Crippen LogP contribution is -2.32. The van der Waals surface area contributed by atoms with E-state index >= 15 is 0 Å². The molecule has 2 aromatic heterocycles. The van der Waals surface area contributed by atoms with Crippen molar-refractivity contribution < 1.29 is 4.79 Å². The Morgan fingerprint density at radius 1 is 0.893 bits per heavy atom. The molecule has 0 aliphatic rings. The average molecular weight is 376 g/mol. The first-order valence-corrected chi connectivity index (χ1v) is 10.3. The molecule has 146 valence electrons. The molecular formula is C24H29N3O. The van der Waals surface area contributed by atoms with Gasteiger partial charge in [-0.1, -0.05) is 51.2 Å². The number of hydrogen-bond donors (Lipinski definition) is 0. The highest BCUT2D eigenvalue weighted by molar-refractivity contribution is 5.97. The van der Waals surface area contributed by atoms with E-state index in [1.165, 1.54) is 25.7 Å². The van der Waals surface area contributed by atoms with Crippen LogP contribution in [0.3, 0.4) is 0 Å². The zero-order valence-corrected chi connectivity index (χ0v) is 16.7. The molecule has 0 bridgehead atoms. The molecule has 0 unspecified atom stereocenters. The fraction of sp³-hybridized carbons (Fsp3) is 0.375. The minimum atomic E-state index is 0.0602. The summed E-state index contributed by atoms with van der Waals surface area (Å²) in [5.41, 5.74) is 2.54. The lowest BCUT2D eigenvalue weighted by Gasteiger charge is -2.23. The third-order valence-corrected chi connectivity index (χ3v) is 5.00. The van der Waals surface area contributed by atoms with Crippen molar-refractivity contribution in [1.29, 1.82) is 0 Å². The van der Waals surface area contributed by atoms with Gasteiger partial charge in [0.15, 0.2) is 0 Å². The normalized spacial score (nSPS) is 10.9. The van der Waals surface area contributed by atoms with E-state index in [1.807, 2.05) is 53.4 Å². The molecule has 1 amide bonds. The lowest BCUT2D eigenvalue weighted by molar-refractivity contribution is 0.0738. The zero-order valence-electron chi connectivity index (χ0n) is 16.7. The van der Waals surface area contributed by atoms with E-state index < -0.39 is 0 Å². The average Bonchev–Trinajstić information content (AvgIpc) is 2.75. The molecule has 0 fully saturated rings. The Hall–Kier alpha value is -2.75. The number of amides is 1. The Kier molecular flexibility index (Phi) is 7.53. The second-order valence-electron chi connectivity index (χ2n) is 7.23. The summed E-state index contributed by atoms with van der Waals surface area (Å²) in [5.74, 6) is 0.0602. The number of carbonyl (C=O) groups is 1. The van der Waals surface area contributed by atoms with Gasteiger partial charge in [-0.3, -0.25) is 14.8 Å². The van der Waals surface area contributed by atoms with E-state index in [2.05, 4.69) is 16.9 Å². The first kappa shape index (κ1) is 20.0. The summed E-state index contributed by atoms with van der Waals surface area (Å²) in [6.45, 7) is 3.53. The molecule has 0 saturated heterocycles. The minimum absolute atomic E-state index is 0.0602. The van der Waals surface area contributed by atoms with Gasteiger partial charge in [0.1, 0.15) is 0 Å². The molecule has 0 atom stereocenters. The fourth-order valence-corrected chi connectivity index (χ4v) is 3.41. The largest absolute Gasteiger partial charge is 0.333 e. The Morgan fingerprint density at radius 2 is 1.71 bits per heavy atom. The molecule has 0 aliphatic heterocycles. The maximum absolute atomic E-state index is 13.2. The number of carbonyl (C=O) groups excluding carboxylic acids is 1. The van der Waals surface area contributed by atoms with Crippen molar-refractivity contribution in [3.8, 4) is 0 Å². The van der Waals surface area contributed by atoms with Gasteiger partial charge in [-0.25, -0.2) is 0 Å². The van der Waals surface area contributed by atoms with Crippen LogP contribution < -0.4 is 0 Å². The van der Waals surface area contributed by atoms with Crippen LogP contribution in [-0.4, -0.2) is 27.3 Å². The van der Waals surface area contributed by atoms with Gasteiger partial charge in [0, 0.05) is 29.9 Å². The third-order valence-electron chi connectivity index (χ3n) is 5.00. The van der Waals surface area contributed by atoms with E-state index in [4.69, 9.17) is 0 Å². The van der Waals surface area contributed by atoms with E-state index in [9.17, 15) is 4.79 Å². The monoisotopic (exact) mass is 375 g/mol. The molecule has 3 rings (SSSR count). The number of unbranched alkanes of at least 4 members (excludes halogenated alkanes) is 5. The van der Waals surface area contributed by atoms with Crippen LogP contribution in [0, 0.1) is 0 Å². The topological polar surface area (TPSA) is 46.1 Å². The maximum atomic E-state index is 13.2. The molecule has 1 aromatic carbocycles. The summed E-state index contributed by atoms with van der Waals surface area (Å²) in [4.78, 5) is 23.9. The number of rotatable bonds is 10. The summed E-state index contributed by atoms with van der Waals surface area (Å²) in [7, 11) is 0. The Morgan fingerprint density at radius 3 is 2.54 bits per heavy atom. The molecule has 0 aliphatic carbocycles. The summed E-state index contributed by atoms with van der Waals surface area (Å²) in [5, 5.41) is 0.991. The van der Waals surface area contributed by atoms with Gasteiger partial charge < -0.3 is 4.90 Å². The second kappa shape index (κ2) is 10.5. The van der Waals surface area contributed by atoms with Crippen LogP contribution >= 0.6 is 0 Å². The van der Waals surface area contributed by atoms with Crippen molar-refractivity contribution in [3.05, 3.63) is 72.2 Å². The first-order chi connectivity index (χ1) is 13.8. The molecule has 4 nitrogen and oxygen atoms in total. The number of pyridine rings is 2. The van der Waals surface area contributed by atoms with Crippen LogP contribution in [0.5, 0.6) is 0 Å². The molecule has 0 spiro atoms. The van der Waals surface area contributed by atoms with Crippen LogP contribution in [0.1, 0.15) is 61.5 Å². The van der Waals surface area contributed by atoms with Crippen molar-refractivity contribution in [1.82, 2.24) is 14.9 Å². The van der Waals surface area contributed by atoms with Crippen molar-refractivity contribution in [2.45, 2.75) is 52.0 Å². The summed E-state index contributed by atoms with van der Waals surface area (Å²) in [6, 6.07) is 15.5. The fourth-order valence-electron chi connectivity index (χ4n) is 3.41. The molecule has 4 heteroatoms. The van der Waals surface area contributed by atoms with Crippen LogP contribution in [0.4, 0.5) is 0 Å². The van der Waals surface area contributed by atoms with Crippen molar-refractivity contribution in [3.63, 3.8) is 0 Å². The van der Waals surface area contributed by atoms with Gasteiger partial charge in [0.2, 0.25) is 0 Å². The molecular weight excluding hydrogens is 346 g/mol. The molecule has 0 radical (unpaired) electrons. The third kappa shape index (κ3) is 5.62. The second-order valence-corrected chi connectivity index (χ2v) is 7.23. The predicted octanol–water partition coefficient (Wildman–Crippen LogP) is 5.63. The van der Waals surface area contributed by atoms with Gasteiger partial charge in [-0.05, 0) is 42.8 Å². The number of aromatic nitrogens is 2. The van der Waals surface area contributed by atoms with Crippen molar-refractivity contribution >= 4 is 16.8 Å². The van der Waals surface area contributed by atoms with Gasteiger partial charge in [0.05, 0.1) is 17.8 Å². The summed E-state index contributed by atoms with van der Waals surface area (Å²) in [6.07, 6.45) is 10.8. The van der Waals surface area contributed by atoms with Crippen LogP contribution in [0.2, 0.25) is 0 Å². The molecule has 2 heterocycles. The summed E-state index contributed by atoms with van der Waals surface area (Å²) >= 11 is 0. The van der Waals surface area contributed by atoms with E-state index in [0.29, 0.717) is 12.1 Å². The number of fused-ring (bicyclic) bond motifs is 1. The van der Waals surface area contributed by atoms with Crippen LogP contribution in [0.25, 0.3) is 10.9 Å². The van der Waals surface area contributed by atoms with E-state index in [1.54, 1.807) is 12.4 Å². The highest BCUT2D eigenvalue weighted by Gasteiger charge is 2.17. The van der Waals surface area contributed by atoms with Gasteiger partial charge in [0.25, 0.3) is 5.91 Å². The van der Waals surface area contributed by atoms with Gasteiger partial charge in [-0.15, -0.1) is 0 Å². The predicted molar refractivity (Wildman–Crippen MR) is 114 cm³/mol. The zero-order chi connectivity index (χ0) is 19.6. The van der Waals surface area contributed by atoms with Gasteiger partial charge in [-0.2, -0.15) is 0 Å². The highest BCUT2D eigenvalue weighted by Crippen LogP contribution is 2.17. The number of benzene rings is 1. The van der Waals surface area contributed by atoms with Crippen LogP contribution in [-0.2, 0) is 6.54 Å². The first-order valence-electron chi connectivity index (χ1n) is 10.3. The number of nitrogens with zero attached hydrogens (tertiary/aromatic N) is 3. The quantitative estimate of drug-likeness (QED) is 0.431. The molecule has 0 N–H and O–H groups in total. The molecule has 3 aromatic rings. The Bertz CT molecular complexity index is 879. The highest BCUT2D eigenvalue weighted by atomic mass is 16.2. The van der Waals surface area contributed by atoms with Crippen molar-refractivity contribution in [2.75, 3.05) is 6.54 Å². The number of hydrogen-bond acceptors (Lipinski definition) is 3. The van der Waals surface area contributed by atoms with E-state index in [0.717, 1.165) is 36.0 Å². The standard InChI is InChI=1S/C24H29N3O/c1-2-3-4-5-6-9-17-27(19-22-12-7-8-15-25-22)24(28)21-13-14-23-20(18-21)11-10-16-26-23/h7-8,10-16,18H,2-6,9,17,19H2,1H3. The van der Waals surface area contributed by atoms with E-state index in [-0.39, 0.29) is 5.91 Å². The Labute approximate surface area is 167 Å². The van der Waals surface area contributed by atoms with Gasteiger partial charge >= 0.3 is 0 Å². The molecule has 28 heavy (non-hydrogen) atoms. The Balaban J connectivity index is 1.71.